The second-order valence-electron chi connectivity index (χ2n) is 11.6. The van der Waals surface area contributed by atoms with Crippen LogP contribution < -0.4 is 0 Å². The van der Waals surface area contributed by atoms with E-state index in [1.807, 2.05) is 0 Å². The van der Waals surface area contributed by atoms with Crippen LogP contribution in [0.1, 0.15) is 27.8 Å². The quantitative estimate of drug-likeness (QED) is 0.204. The molecule has 0 saturated heterocycles. The Hall–Kier alpha value is -5.66. The number of benzene rings is 7. The highest BCUT2D eigenvalue weighted by molar-refractivity contribution is 6.38. The smallest absolute Gasteiger partial charge is 0.0626 e. The summed E-state index contributed by atoms with van der Waals surface area (Å²) >= 11 is 0. The molecule has 2 aliphatic rings. The third-order valence-electron chi connectivity index (χ3n) is 9.49. The second-order valence-corrected chi connectivity index (χ2v) is 11.6. The average Bonchev–Trinajstić information content (AvgIpc) is 3.71. The SMILES string of the molecule is c1ccc(C2=C3C(=C(n4c5ccccc5c5ccccc54)c4ccc5ccccc5c43)c3ccc4ccccc4c32)cc1. The van der Waals surface area contributed by atoms with E-state index in [-0.39, 0.29) is 0 Å². The van der Waals surface area contributed by atoms with Gasteiger partial charge in [-0.05, 0) is 55.9 Å². The van der Waals surface area contributed by atoms with Gasteiger partial charge >= 0.3 is 0 Å². The first kappa shape index (κ1) is 23.0. The van der Waals surface area contributed by atoms with Crippen LogP contribution in [0.15, 0.2) is 152 Å². The second kappa shape index (κ2) is 8.44. The summed E-state index contributed by atoms with van der Waals surface area (Å²) in [5.74, 6) is 0. The van der Waals surface area contributed by atoms with Crippen molar-refractivity contribution in [3.05, 3.63) is 179 Å². The van der Waals surface area contributed by atoms with Crippen LogP contribution in [0, 0.1) is 0 Å². The molecule has 8 aromatic rings. The van der Waals surface area contributed by atoms with Gasteiger partial charge in [-0.25, -0.2) is 0 Å². The fourth-order valence-electron chi connectivity index (χ4n) is 7.79. The van der Waals surface area contributed by atoms with Gasteiger partial charge in [0.05, 0.1) is 16.7 Å². The van der Waals surface area contributed by atoms with E-state index in [1.54, 1.807) is 0 Å². The predicted molar refractivity (Wildman–Crippen MR) is 182 cm³/mol. The highest BCUT2D eigenvalue weighted by Gasteiger charge is 2.40. The molecular weight excluding hydrogens is 518 g/mol. The summed E-state index contributed by atoms with van der Waals surface area (Å²) in [6.07, 6.45) is 0. The molecule has 1 nitrogen and oxygen atoms in total. The van der Waals surface area contributed by atoms with Gasteiger partial charge in [-0.3, -0.25) is 0 Å². The Morgan fingerprint density at radius 1 is 0.326 bits per heavy atom. The van der Waals surface area contributed by atoms with Gasteiger partial charge in [0, 0.05) is 33.0 Å². The van der Waals surface area contributed by atoms with Crippen LogP contribution in [-0.2, 0) is 0 Å². The maximum absolute atomic E-state index is 2.54. The molecule has 0 atom stereocenters. The molecule has 2 aliphatic carbocycles. The number of rotatable bonds is 2. The Labute approximate surface area is 249 Å². The molecule has 0 bridgehead atoms. The van der Waals surface area contributed by atoms with E-state index >= 15 is 0 Å². The normalized spacial score (nSPS) is 13.9. The Kier molecular flexibility index (Phi) is 4.51. The maximum atomic E-state index is 2.54. The Morgan fingerprint density at radius 3 is 1.44 bits per heavy atom. The van der Waals surface area contributed by atoms with Crippen molar-refractivity contribution in [1.29, 1.82) is 0 Å². The molecule has 0 N–H and O–H groups in total. The first-order chi connectivity index (χ1) is 21.4. The summed E-state index contributed by atoms with van der Waals surface area (Å²) in [6.45, 7) is 0. The van der Waals surface area contributed by atoms with Gasteiger partial charge in [-0.15, -0.1) is 0 Å². The average molecular weight is 544 g/mol. The lowest BCUT2D eigenvalue weighted by atomic mass is 9.89. The monoisotopic (exact) mass is 543 g/mol. The van der Waals surface area contributed by atoms with Gasteiger partial charge in [0.15, 0.2) is 0 Å². The summed E-state index contributed by atoms with van der Waals surface area (Å²) < 4.78 is 2.54. The largest absolute Gasteiger partial charge is 0.308 e. The Balaban J connectivity index is 1.48. The number of fused-ring (bicyclic) bond motifs is 12. The van der Waals surface area contributed by atoms with E-state index < -0.39 is 0 Å². The van der Waals surface area contributed by atoms with Crippen LogP contribution in [-0.4, -0.2) is 4.57 Å². The summed E-state index contributed by atoms with van der Waals surface area (Å²) in [7, 11) is 0. The summed E-state index contributed by atoms with van der Waals surface area (Å²) in [5.41, 5.74) is 14.3. The van der Waals surface area contributed by atoms with E-state index in [9.17, 15) is 0 Å². The molecule has 0 aliphatic heterocycles. The Morgan fingerprint density at radius 2 is 0.814 bits per heavy atom. The molecule has 0 saturated carbocycles. The summed E-state index contributed by atoms with van der Waals surface area (Å²) in [5, 5.41) is 7.71. The van der Waals surface area contributed by atoms with Crippen LogP contribution in [0.5, 0.6) is 0 Å². The molecule has 0 amide bonds. The lowest BCUT2D eigenvalue weighted by Crippen LogP contribution is -2.00. The van der Waals surface area contributed by atoms with Crippen molar-refractivity contribution in [3.63, 3.8) is 0 Å². The van der Waals surface area contributed by atoms with Gasteiger partial charge in [0.1, 0.15) is 0 Å². The molecule has 0 fully saturated rings. The third-order valence-corrected chi connectivity index (χ3v) is 9.49. The van der Waals surface area contributed by atoms with Crippen LogP contribution in [0.4, 0.5) is 0 Å². The predicted octanol–water partition coefficient (Wildman–Crippen LogP) is 10.8. The minimum atomic E-state index is 1.24. The molecule has 1 heterocycles. The van der Waals surface area contributed by atoms with Crippen LogP contribution in [0.2, 0.25) is 0 Å². The molecule has 7 aromatic carbocycles. The first-order valence-corrected chi connectivity index (χ1v) is 15.0. The number of para-hydroxylation sites is 2. The van der Waals surface area contributed by atoms with Gasteiger partial charge in [-0.2, -0.15) is 0 Å². The number of nitrogens with zero attached hydrogens (tertiary/aromatic N) is 1. The molecule has 0 spiro atoms. The van der Waals surface area contributed by atoms with E-state index in [1.165, 1.54) is 93.6 Å². The summed E-state index contributed by atoms with van der Waals surface area (Å²) in [6, 6.07) is 55.8. The lowest BCUT2D eigenvalue weighted by Gasteiger charge is -2.16. The third kappa shape index (κ3) is 2.96. The maximum Gasteiger partial charge on any atom is 0.0626 e. The van der Waals surface area contributed by atoms with E-state index in [4.69, 9.17) is 0 Å². The van der Waals surface area contributed by atoms with Crippen molar-refractivity contribution in [3.8, 4) is 0 Å². The first-order valence-electron chi connectivity index (χ1n) is 15.0. The van der Waals surface area contributed by atoms with Crippen molar-refractivity contribution >= 4 is 65.8 Å². The lowest BCUT2D eigenvalue weighted by molar-refractivity contribution is 1.23. The minimum Gasteiger partial charge on any atom is -0.308 e. The zero-order valence-electron chi connectivity index (χ0n) is 23.4. The minimum absolute atomic E-state index is 1.24. The van der Waals surface area contributed by atoms with E-state index in [0.29, 0.717) is 0 Å². The van der Waals surface area contributed by atoms with Crippen molar-refractivity contribution in [2.75, 3.05) is 0 Å². The van der Waals surface area contributed by atoms with Crippen molar-refractivity contribution in [2.24, 2.45) is 0 Å². The molecule has 198 valence electrons. The molecule has 10 rings (SSSR count). The molecule has 1 heteroatoms. The summed E-state index contributed by atoms with van der Waals surface area (Å²) in [4.78, 5) is 0. The van der Waals surface area contributed by atoms with Crippen molar-refractivity contribution in [1.82, 2.24) is 4.57 Å². The zero-order valence-corrected chi connectivity index (χ0v) is 23.4. The highest BCUT2D eigenvalue weighted by atomic mass is 15.0. The molecular formula is C42H25N. The van der Waals surface area contributed by atoms with E-state index in [0.717, 1.165) is 0 Å². The number of allylic oxidation sites excluding steroid dienone is 2. The standard InChI is InChI=1S/C42H25N/c1-2-14-28(15-3-1)37-38-29-16-6-4-12-26(29)22-24-33(38)40-41(37)39-30-17-7-5-13-27(30)23-25-34(39)42(40)43-35-20-10-8-18-31(35)32-19-9-11-21-36(32)43/h1-25H. The molecule has 0 radical (unpaired) electrons. The molecule has 0 unspecified atom stereocenters. The molecule has 1 aromatic heterocycles. The van der Waals surface area contributed by atoms with Crippen LogP contribution in [0.3, 0.4) is 0 Å². The zero-order chi connectivity index (χ0) is 28.1. The highest BCUT2D eigenvalue weighted by Crippen LogP contribution is 2.60. The topological polar surface area (TPSA) is 4.93 Å². The van der Waals surface area contributed by atoms with Crippen molar-refractivity contribution < 1.29 is 0 Å². The fourth-order valence-corrected chi connectivity index (χ4v) is 7.79. The van der Waals surface area contributed by atoms with E-state index in [2.05, 4.69) is 156 Å². The van der Waals surface area contributed by atoms with Crippen LogP contribution in [0.25, 0.3) is 65.8 Å². The van der Waals surface area contributed by atoms with Gasteiger partial charge in [-0.1, -0.05) is 140 Å². The van der Waals surface area contributed by atoms with Crippen molar-refractivity contribution in [2.45, 2.75) is 0 Å². The van der Waals surface area contributed by atoms with Gasteiger partial charge in [0.2, 0.25) is 0 Å². The molecule has 43 heavy (non-hydrogen) atoms. The number of aromatic nitrogens is 1. The van der Waals surface area contributed by atoms with Gasteiger partial charge in [0.25, 0.3) is 0 Å². The number of hydrogen-bond acceptors (Lipinski definition) is 0. The van der Waals surface area contributed by atoms with Crippen LogP contribution >= 0.6 is 0 Å². The van der Waals surface area contributed by atoms with Gasteiger partial charge < -0.3 is 4.57 Å². The number of hydrogen-bond donors (Lipinski definition) is 0. The fraction of sp³-hybridized carbons (Fsp3) is 0. The Bertz CT molecular complexity index is 2490.